The van der Waals surface area contributed by atoms with Crippen LogP contribution < -0.4 is 21.7 Å². The fourth-order valence-corrected chi connectivity index (χ4v) is 7.00. The van der Waals surface area contributed by atoms with Gasteiger partial charge in [-0.3, -0.25) is 9.59 Å². The molecule has 2 aromatic rings. The van der Waals surface area contributed by atoms with E-state index < -0.39 is 0 Å². The minimum atomic E-state index is -0.359. The largest absolute Gasteiger partial charge is 0.369 e. The fraction of sp³-hybridized carbons (Fsp3) is 0.556. The molecule has 2 atom stereocenters. The van der Waals surface area contributed by atoms with Gasteiger partial charge in [-0.25, -0.2) is 4.98 Å². The van der Waals surface area contributed by atoms with Crippen LogP contribution in [0.2, 0.25) is 0 Å². The molecular weight excluding hydrogens is 440 g/mol. The van der Waals surface area contributed by atoms with Crippen LogP contribution in [0.3, 0.4) is 0 Å². The van der Waals surface area contributed by atoms with E-state index in [1.807, 2.05) is 37.4 Å². The molecule has 0 saturated heterocycles. The highest BCUT2D eigenvalue weighted by atomic mass is 16.2. The molecule has 184 valence electrons. The highest BCUT2D eigenvalue weighted by Gasteiger charge is 2.58. The van der Waals surface area contributed by atoms with E-state index in [1.165, 1.54) is 12.8 Å². The highest BCUT2D eigenvalue weighted by molar-refractivity contribution is 5.84. The van der Waals surface area contributed by atoms with Crippen LogP contribution in [0, 0.1) is 30.1 Å². The third kappa shape index (κ3) is 4.46. The summed E-state index contributed by atoms with van der Waals surface area (Å²) >= 11 is 0. The molecule has 5 aliphatic rings. The Morgan fingerprint density at radius 3 is 2.63 bits per heavy atom. The van der Waals surface area contributed by atoms with Gasteiger partial charge in [0.1, 0.15) is 5.82 Å². The van der Waals surface area contributed by atoms with Gasteiger partial charge in [-0.2, -0.15) is 4.98 Å². The number of benzene rings is 1. The second-order valence-corrected chi connectivity index (χ2v) is 11.4. The number of aromatic nitrogens is 2. The number of primary amides is 1. The molecule has 5 N–H and O–H groups in total. The van der Waals surface area contributed by atoms with Crippen LogP contribution in [0.4, 0.5) is 17.5 Å². The van der Waals surface area contributed by atoms with Crippen molar-refractivity contribution < 1.29 is 9.59 Å². The molecule has 2 amide bonds. The summed E-state index contributed by atoms with van der Waals surface area (Å²) in [6, 6.07) is 8.35. The van der Waals surface area contributed by atoms with Gasteiger partial charge in [0.05, 0.1) is 11.8 Å². The van der Waals surface area contributed by atoms with Crippen molar-refractivity contribution in [3.8, 4) is 0 Å². The van der Waals surface area contributed by atoms with Crippen LogP contribution in [-0.4, -0.2) is 33.9 Å². The summed E-state index contributed by atoms with van der Waals surface area (Å²) in [6.07, 6.45) is 9.76. The van der Waals surface area contributed by atoms with Crippen molar-refractivity contribution >= 4 is 29.3 Å². The van der Waals surface area contributed by atoms with E-state index in [1.54, 1.807) is 0 Å². The summed E-state index contributed by atoms with van der Waals surface area (Å²) in [5.74, 6) is 3.00. The molecule has 1 heterocycles. The van der Waals surface area contributed by atoms with E-state index in [2.05, 4.69) is 20.9 Å². The predicted octanol–water partition coefficient (Wildman–Crippen LogP) is 3.44. The lowest BCUT2D eigenvalue weighted by molar-refractivity contribution is -0.147. The summed E-state index contributed by atoms with van der Waals surface area (Å²) < 4.78 is 0. The molecule has 2 unspecified atom stereocenters. The average Bonchev–Trinajstić information content (AvgIpc) is 3.62. The number of nitrogens with zero attached hydrogens (tertiary/aromatic N) is 2. The van der Waals surface area contributed by atoms with E-state index >= 15 is 0 Å². The molecule has 0 spiro atoms. The normalized spacial score (nSPS) is 30.7. The second-order valence-electron chi connectivity index (χ2n) is 11.4. The van der Waals surface area contributed by atoms with Crippen molar-refractivity contribution in [2.24, 2.45) is 28.9 Å². The van der Waals surface area contributed by atoms with Crippen LogP contribution in [-0.2, 0) is 16.0 Å². The van der Waals surface area contributed by atoms with Crippen LogP contribution in [0.1, 0.15) is 56.1 Å². The number of anilines is 3. The smallest absolute Gasteiger partial charge is 0.229 e. The first-order valence-corrected chi connectivity index (χ1v) is 12.9. The summed E-state index contributed by atoms with van der Waals surface area (Å²) in [5, 5.41) is 10.4. The highest BCUT2D eigenvalue weighted by Crippen LogP contribution is 2.60. The first-order valence-electron chi connectivity index (χ1n) is 12.9. The molecule has 4 bridgehead atoms. The Kier molecular flexibility index (Phi) is 5.42. The second kappa shape index (κ2) is 8.50. The van der Waals surface area contributed by atoms with Crippen LogP contribution in [0.15, 0.2) is 30.5 Å². The average molecular weight is 475 g/mol. The van der Waals surface area contributed by atoms with E-state index in [9.17, 15) is 9.59 Å². The molecule has 0 radical (unpaired) electrons. The number of carbonyl (C=O) groups is 2. The van der Waals surface area contributed by atoms with Gasteiger partial charge in [0, 0.05) is 29.5 Å². The zero-order valence-corrected chi connectivity index (χ0v) is 20.2. The van der Waals surface area contributed by atoms with Crippen molar-refractivity contribution in [2.75, 3.05) is 10.6 Å². The summed E-state index contributed by atoms with van der Waals surface area (Å²) in [5.41, 5.74) is 7.86. The van der Waals surface area contributed by atoms with Crippen LogP contribution in [0.25, 0.3) is 0 Å². The lowest BCUT2D eigenvalue weighted by Crippen LogP contribution is -2.60. The summed E-state index contributed by atoms with van der Waals surface area (Å²) in [6.45, 7) is 2.03. The Labute approximate surface area is 205 Å². The third-order valence-corrected chi connectivity index (χ3v) is 8.50. The lowest BCUT2D eigenvalue weighted by atomic mass is 9.47. The van der Waals surface area contributed by atoms with Gasteiger partial charge < -0.3 is 21.7 Å². The van der Waals surface area contributed by atoms with Gasteiger partial charge >= 0.3 is 0 Å². The molecular formula is C27H34N6O2. The predicted molar refractivity (Wildman–Crippen MR) is 134 cm³/mol. The number of nitrogens with two attached hydrogens (primary N) is 1. The van der Waals surface area contributed by atoms with Crippen molar-refractivity contribution in [3.05, 3.63) is 41.6 Å². The standard InChI is InChI=1S/C27H34N6O2/c1-15-14-29-26(31-21-4-2-3-16(9-21)10-22(28)34)33-24(15)32-23-18-7-17-8-19(23)13-27(11-17,12-18)25(35)30-20-5-6-20/h2-4,9,14,17-20,23H,5-8,10-13H2,1H3,(H2,28,34)(H,30,35)(H2,29,31,32,33)/t17?,18?,19?,23-,27+. The number of aryl methyl sites for hydroxylation is 1. The molecule has 0 aliphatic heterocycles. The molecule has 5 fully saturated rings. The van der Waals surface area contributed by atoms with E-state index in [4.69, 9.17) is 10.7 Å². The minimum absolute atomic E-state index is 0.152. The minimum Gasteiger partial charge on any atom is -0.369 e. The van der Waals surface area contributed by atoms with Crippen molar-refractivity contribution in [1.29, 1.82) is 0 Å². The van der Waals surface area contributed by atoms with Crippen LogP contribution >= 0.6 is 0 Å². The van der Waals surface area contributed by atoms with Crippen molar-refractivity contribution in [1.82, 2.24) is 15.3 Å². The number of carbonyl (C=O) groups excluding carboxylic acids is 2. The Morgan fingerprint density at radius 2 is 1.91 bits per heavy atom. The fourth-order valence-electron chi connectivity index (χ4n) is 7.00. The molecule has 1 aromatic heterocycles. The third-order valence-electron chi connectivity index (χ3n) is 8.50. The van der Waals surface area contributed by atoms with E-state index in [0.29, 0.717) is 41.7 Å². The van der Waals surface area contributed by atoms with Crippen LogP contribution in [0.5, 0.6) is 0 Å². The first-order chi connectivity index (χ1) is 16.9. The zero-order valence-electron chi connectivity index (χ0n) is 20.2. The maximum absolute atomic E-state index is 13.2. The van der Waals surface area contributed by atoms with E-state index in [0.717, 1.165) is 54.7 Å². The number of amides is 2. The van der Waals surface area contributed by atoms with Gasteiger partial charge in [-0.15, -0.1) is 0 Å². The molecule has 8 nitrogen and oxygen atoms in total. The Hall–Kier alpha value is -3.16. The van der Waals surface area contributed by atoms with Crippen molar-refractivity contribution in [3.63, 3.8) is 0 Å². The maximum Gasteiger partial charge on any atom is 0.229 e. The molecule has 1 aromatic carbocycles. The molecule has 8 heteroatoms. The summed E-state index contributed by atoms with van der Waals surface area (Å²) in [4.78, 5) is 33.7. The van der Waals surface area contributed by atoms with Gasteiger partial charge in [0.15, 0.2) is 0 Å². The van der Waals surface area contributed by atoms with Gasteiger partial charge in [-0.05, 0) is 87.3 Å². The topological polar surface area (TPSA) is 122 Å². The molecule has 7 rings (SSSR count). The molecule has 5 saturated carbocycles. The SMILES string of the molecule is Cc1cnc(Nc2cccc(CC(N)=O)c2)nc1N[C@H]1C2CC3CC1C[C@@](C(=O)NC1CC1)(C3)C2. The Bertz CT molecular complexity index is 1150. The quantitative estimate of drug-likeness (QED) is 0.465. The number of rotatable bonds is 8. The first kappa shape index (κ1) is 22.3. The van der Waals surface area contributed by atoms with Gasteiger partial charge in [0.2, 0.25) is 17.8 Å². The zero-order chi connectivity index (χ0) is 24.2. The number of hydrogen-bond acceptors (Lipinski definition) is 6. The van der Waals surface area contributed by atoms with Crippen molar-refractivity contribution in [2.45, 2.75) is 70.4 Å². The van der Waals surface area contributed by atoms with Gasteiger partial charge in [-0.1, -0.05) is 12.1 Å². The monoisotopic (exact) mass is 474 g/mol. The Balaban J connectivity index is 1.17. The lowest BCUT2D eigenvalue weighted by Gasteiger charge is -2.59. The molecule has 5 aliphatic carbocycles. The Morgan fingerprint density at radius 1 is 1.14 bits per heavy atom. The van der Waals surface area contributed by atoms with E-state index in [-0.39, 0.29) is 17.7 Å². The summed E-state index contributed by atoms with van der Waals surface area (Å²) in [7, 11) is 0. The maximum atomic E-state index is 13.2. The van der Waals surface area contributed by atoms with Gasteiger partial charge in [0.25, 0.3) is 0 Å². The number of hydrogen-bond donors (Lipinski definition) is 4. The number of nitrogens with one attached hydrogen (secondary N) is 3. The molecule has 35 heavy (non-hydrogen) atoms.